The number of unbranched alkanes of at least 4 members (excludes halogenated alkanes) is 9. The standard InChI is InChI=1S/C12H25O.C7H8O3S.Na/c1-2-3-4-5-6-7-8-9-10-11-12-13;8-11(9,10)6-7-4-2-1-3-5-7;/h2-12H2,1H3;1-5H,6H2,(H,8,9,10);/q-1;;+1. The van der Waals surface area contributed by atoms with Gasteiger partial charge in [-0.2, -0.15) is 8.42 Å². The third kappa shape index (κ3) is 22.0. The fourth-order valence-electron chi connectivity index (χ4n) is 2.37. The molecule has 0 spiro atoms. The van der Waals surface area contributed by atoms with E-state index in [0.29, 0.717) is 5.56 Å². The second-order valence-corrected chi connectivity index (χ2v) is 7.55. The Morgan fingerprint density at radius 3 is 1.68 bits per heavy atom. The molecule has 0 bridgehead atoms. The van der Waals surface area contributed by atoms with Crippen LogP contribution in [0.1, 0.15) is 76.7 Å². The van der Waals surface area contributed by atoms with Gasteiger partial charge in [0, 0.05) is 0 Å². The first kappa shape index (κ1) is 27.3. The second kappa shape index (κ2) is 18.9. The summed E-state index contributed by atoms with van der Waals surface area (Å²) in [6.45, 7) is 2.37. The average Bonchev–Trinajstić information content (AvgIpc) is 2.53. The zero-order chi connectivity index (χ0) is 18.1. The van der Waals surface area contributed by atoms with Crippen molar-refractivity contribution in [3.63, 3.8) is 0 Å². The summed E-state index contributed by atoms with van der Waals surface area (Å²) in [5.74, 6) is -0.312. The van der Waals surface area contributed by atoms with Crippen LogP contribution in [-0.2, 0) is 15.9 Å². The Morgan fingerprint density at radius 1 is 0.840 bits per heavy atom. The Morgan fingerprint density at radius 2 is 1.28 bits per heavy atom. The van der Waals surface area contributed by atoms with Crippen molar-refractivity contribution in [2.45, 2.75) is 76.9 Å². The molecule has 1 aromatic carbocycles. The maximum absolute atomic E-state index is 10.4. The molecule has 0 aliphatic rings. The first-order valence-corrected chi connectivity index (χ1v) is 10.7. The summed E-state index contributed by atoms with van der Waals surface area (Å²) in [6.07, 6.45) is 13.0. The molecule has 0 fully saturated rings. The molecule has 0 aliphatic carbocycles. The largest absolute Gasteiger partial charge is 1.00 e. The minimum atomic E-state index is -3.88. The molecule has 0 unspecified atom stereocenters. The van der Waals surface area contributed by atoms with Gasteiger partial charge in [0.25, 0.3) is 10.1 Å². The second-order valence-electron chi connectivity index (χ2n) is 6.10. The van der Waals surface area contributed by atoms with E-state index in [-0.39, 0.29) is 41.9 Å². The number of rotatable bonds is 12. The quantitative estimate of drug-likeness (QED) is 0.337. The van der Waals surface area contributed by atoms with Gasteiger partial charge in [0.15, 0.2) is 0 Å². The molecule has 0 heterocycles. The molecule has 4 nitrogen and oxygen atoms in total. The Hall–Kier alpha value is 0.0900. The van der Waals surface area contributed by atoms with Gasteiger partial charge in [-0.15, -0.1) is 6.61 Å². The first-order chi connectivity index (χ1) is 11.5. The molecule has 25 heavy (non-hydrogen) atoms. The molecule has 6 heteroatoms. The molecule has 0 saturated carbocycles. The van der Waals surface area contributed by atoms with Crippen LogP contribution < -0.4 is 34.7 Å². The molecule has 0 aliphatic heterocycles. The molecule has 0 radical (unpaired) electrons. The summed E-state index contributed by atoms with van der Waals surface area (Å²) in [4.78, 5) is 0. The molecule has 0 atom stereocenters. The van der Waals surface area contributed by atoms with E-state index in [2.05, 4.69) is 6.92 Å². The van der Waals surface area contributed by atoms with Crippen molar-refractivity contribution in [2.24, 2.45) is 0 Å². The minimum Gasteiger partial charge on any atom is -0.854 e. The van der Waals surface area contributed by atoms with Crippen LogP contribution in [0.5, 0.6) is 0 Å². The van der Waals surface area contributed by atoms with Crippen molar-refractivity contribution in [2.75, 3.05) is 6.61 Å². The molecule has 0 saturated heterocycles. The molecule has 1 N–H and O–H groups in total. The summed E-state index contributed by atoms with van der Waals surface area (Å²) in [7, 11) is -3.88. The van der Waals surface area contributed by atoms with Gasteiger partial charge in [-0.3, -0.25) is 4.55 Å². The molecular formula is C19H33NaO4S. The maximum Gasteiger partial charge on any atom is 1.00 e. The van der Waals surface area contributed by atoms with Gasteiger partial charge in [-0.25, -0.2) is 0 Å². The molecule has 1 rings (SSSR count). The van der Waals surface area contributed by atoms with Crippen LogP contribution in [-0.4, -0.2) is 19.6 Å². The molecular weight excluding hydrogens is 347 g/mol. The van der Waals surface area contributed by atoms with Crippen LogP contribution in [0.25, 0.3) is 0 Å². The molecule has 140 valence electrons. The van der Waals surface area contributed by atoms with Crippen molar-refractivity contribution in [1.82, 2.24) is 0 Å². The SMILES string of the molecule is CCCCCCCCCCCC[O-].O=S(=O)(O)Cc1ccccc1.[Na+]. The number of hydrogen-bond donors (Lipinski definition) is 1. The normalized spacial score (nSPS) is 10.5. The zero-order valence-electron chi connectivity index (χ0n) is 16.0. The van der Waals surface area contributed by atoms with Crippen molar-refractivity contribution in [1.29, 1.82) is 0 Å². The van der Waals surface area contributed by atoms with E-state index in [0.717, 1.165) is 12.8 Å². The smallest absolute Gasteiger partial charge is 0.854 e. The van der Waals surface area contributed by atoms with Crippen LogP contribution in [0.2, 0.25) is 0 Å². The Labute approximate surface area is 176 Å². The number of benzene rings is 1. The van der Waals surface area contributed by atoms with Gasteiger partial charge in [-0.1, -0.05) is 101 Å². The van der Waals surface area contributed by atoms with Gasteiger partial charge in [0.1, 0.15) is 5.75 Å². The van der Waals surface area contributed by atoms with Crippen LogP contribution in [0.4, 0.5) is 0 Å². The molecule has 0 amide bonds. The third-order valence-corrected chi connectivity index (χ3v) is 4.39. The average molecular weight is 381 g/mol. The van der Waals surface area contributed by atoms with Gasteiger partial charge >= 0.3 is 29.6 Å². The molecule has 1 aromatic rings. The predicted molar refractivity (Wildman–Crippen MR) is 98.4 cm³/mol. The topological polar surface area (TPSA) is 77.4 Å². The van der Waals surface area contributed by atoms with Gasteiger partial charge in [0.05, 0.1) is 0 Å². The van der Waals surface area contributed by atoms with E-state index < -0.39 is 10.1 Å². The summed E-state index contributed by atoms with van der Waals surface area (Å²) in [6, 6.07) is 8.52. The van der Waals surface area contributed by atoms with E-state index >= 15 is 0 Å². The zero-order valence-corrected chi connectivity index (χ0v) is 18.8. The third-order valence-electron chi connectivity index (χ3n) is 3.69. The van der Waals surface area contributed by atoms with E-state index in [1.807, 2.05) is 0 Å². The van der Waals surface area contributed by atoms with Gasteiger partial charge in [-0.05, 0) is 5.56 Å². The molecule has 0 aromatic heterocycles. The van der Waals surface area contributed by atoms with E-state index in [9.17, 15) is 13.5 Å². The van der Waals surface area contributed by atoms with Crippen molar-refractivity contribution in [3.05, 3.63) is 35.9 Å². The Bertz CT molecular complexity index is 467. The minimum absolute atomic E-state index is 0. The maximum atomic E-state index is 10.4. The summed E-state index contributed by atoms with van der Waals surface area (Å²) < 4.78 is 29.2. The van der Waals surface area contributed by atoms with E-state index in [4.69, 9.17) is 4.55 Å². The van der Waals surface area contributed by atoms with Gasteiger partial charge in [0.2, 0.25) is 0 Å². The van der Waals surface area contributed by atoms with Crippen molar-refractivity contribution in [3.8, 4) is 0 Å². The fraction of sp³-hybridized carbons (Fsp3) is 0.684. The van der Waals surface area contributed by atoms with Gasteiger partial charge < -0.3 is 5.11 Å². The van der Waals surface area contributed by atoms with E-state index in [1.54, 1.807) is 30.3 Å². The van der Waals surface area contributed by atoms with E-state index in [1.165, 1.54) is 51.4 Å². The van der Waals surface area contributed by atoms with Crippen molar-refractivity contribution < 1.29 is 47.6 Å². The monoisotopic (exact) mass is 380 g/mol. The van der Waals surface area contributed by atoms with Crippen LogP contribution in [0, 0.1) is 0 Å². The fourth-order valence-corrected chi connectivity index (χ4v) is 2.99. The predicted octanol–water partition coefficient (Wildman–Crippen LogP) is 1.35. The Kier molecular flexibility index (Phi) is 20.6. The van der Waals surface area contributed by atoms with Crippen LogP contribution in [0.3, 0.4) is 0 Å². The summed E-state index contributed by atoms with van der Waals surface area (Å²) >= 11 is 0. The summed E-state index contributed by atoms with van der Waals surface area (Å²) in [5, 5.41) is 10.1. The van der Waals surface area contributed by atoms with Crippen molar-refractivity contribution >= 4 is 10.1 Å². The van der Waals surface area contributed by atoms with Crippen LogP contribution >= 0.6 is 0 Å². The van der Waals surface area contributed by atoms with Crippen LogP contribution in [0.15, 0.2) is 30.3 Å². The Balaban J connectivity index is 0. The number of hydrogen-bond acceptors (Lipinski definition) is 3. The first-order valence-electron chi connectivity index (χ1n) is 9.06. The summed E-state index contributed by atoms with van der Waals surface area (Å²) in [5.41, 5.74) is 0.593.